The van der Waals surface area contributed by atoms with Crippen LogP contribution in [0, 0.1) is 0 Å². The van der Waals surface area contributed by atoms with Crippen molar-refractivity contribution >= 4 is 15.9 Å². The molecule has 1 aromatic carbocycles. The van der Waals surface area contributed by atoms with Crippen molar-refractivity contribution in [3.63, 3.8) is 0 Å². The van der Waals surface area contributed by atoms with Gasteiger partial charge < -0.3 is 14.5 Å². The number of carbonyl (C=O) groups is 1. The molecular weight excluding hydrogens is 370 g/mol. The van der Waals surface area contributed by atoms with E-state index in [2.05, 4.69) is 10.00 Å². The van der Waals surface area contributed by atoms with Gasteiger partial charge in [-0.2, -0.15) is 5.10 Å². The number of nitrogens with two attached hydrogens (primary N) is 1. The van der Waals surface area contributed by atoms with Gasteiger partial charge >= 0.3 is 0 Å². The topological polar surface area (TPSA) is 111 Å². The van der Waals surface area contributed by atoms with Crippen LogP contribution >= 0.6 is 0 Å². The molecule has 27 heavy (non-hydrogen) atoms. The van der Waals surface area contributed by atoms with E-state index in [0.717, 1.165) is 18.7 Å². The molecule has 9 nitrogen and oxygen atoms in total. The van der Waals surface area contributed by atoms with Gasteiger partial charge in [-0.15, -0.1) is 0 Å². The fraction of sp³-hybridized carbons (Fsp3) is 0.412. The minimum absolute atomic E-state index is 0.208. The second-order valence-corrected chi connectivity index (χ2v) is 8.02. The second kappa shape index (κ2) is 7.67. The molecule has 1 fully saturated rings. The molecule has 2 N–H and O–H groups in total. The number of ether oxygens (including phenoxy) is 1. The Morgan fingerprint density at radius 2 is 1.81 bits per heavy atom. The molecule has 1 saturated heterocycles. The highest BCUT2D eigenvalue weighted by Gasteiger charge is 2.26. The number of likely N-dealkylation sites (N-methyl/N-ethyl adjacent to an activating group) is 1. The van der Waals surface area contributed by atoms with Gasteiger partial charge in [-0.05, 0) is 24.7 Å². The Bertz CT molecular complexity index is 915. The largest absolute Gasteiger partial charge is 0.497 e. The molecule has 1 aliphatic rings. The monoisotopic (exact) mass is 393 g/mol. The summed E-state index contributed by atoms with van der Waals surface area (Å²) in [5.74, 6) is 0.456. The van der Waals surface area contributed by atoms with Gasteiger partial charge in [0, 0.05) is 32.2 Å². The third kappa shape index (κ3) is 4.46. The molecule has 10 heteroatoms. The van der Waals surface area contributed by atoms with Crippen LogP contribution in [0.5, 0.6) is 5.75 Å². The SMILES string of the molecule is COc1ccc(Cn2nc(S(N)(=O)=O)cc2C(=O)N2CCN(C)CC2)cc1. The van der Waals surface area contributed by atoms with E-state index in [1.165, 1.54) is 10.7 Å². The molecule has 0 aliphatic carbocycles. The highest BCUT2D eigenvalue weighted by atomic mass is 32.2. The molecule has 2 aromatic rings. The molecule has 3 rings (SSSR count). The predicted molar refractivity (Wildman–Crippen MR) is 99.1 cm³/mol. The first-order valence-corrected chi connectivity index (χ1v) is 10.0. The number of rotatable bonds is 5. The summed E-state index contributed by atoms with van der Waals surface area (Å²) in [6, 6.07) is 8.50. The van der Waals surface area contributed by atoms with E-state index in [-0.39, 0.29) is 23.2 Å². The van der Waals surface area contributed by atoms with Gasteiger partial charge in [0.05, 0.1) is 13.7 Å². The van der Waals surface area contributed by atoms with Gasteiger partial charge in [-0.1, -0.05) is 12.1 Å². The molecule has 1 amide bonds. The van der Waals surface area contributed by atoms with Crippen LogP contribution in [0.3, 0.4) is 0 Å². The van der Waals surface area contributed by atoms with E-state index < -0.39 is 10.0 Å². The van der Waals surface area contributed by atoms with E-state index in [9.17, 15) is 13.2 Å². The summed E-state index contributed by atoms with van der Waals surface area (Å²) in [5, 5.41) is 8.97. The lowest BCUT2D eigenvalue weighted by Gasteiger charge is -2.32. The standard InChI is InChI=1S/C17H23N5O4S/c1-20-7-9-21(10-8-20)17(23)15-11-16(27(18,24)25)19-22(15)12-13-3-5-14(26-2)6-4-13/h3-6,11H,7-10,12H2,1-2H3,(H2,18,24,25). The Hall–Kier alpha value is -2.43. The summed E-state index contributed by atoms with van der Waals surface area (Å²) < 4.78 is 30.0. The van der Waals surface area contributed by atoms with Gasteiger partial charge in [0.2, 0.25) is 0 Å². The Balaban J connectivity index is 1.91. The zero-order chi connectivity index (χ0) is 19.6. The number of hydrogen-bond donors (Lipinski definition) is 1. The summed E-state index contributed by atoms with van der Waals surface area (Å²) in [5.41, 5.74) is 1.06. The van der Waals surface area contributed by atoms with Crippen molar-refractivity contribution in [1.82, 2.24) is 19.6 Å². The van der Waals surface area contributed by atoms with E-state index in [1.807, 2.05) is 19.2 Å². The van der Waals surface area contributed by atoms with Crippen molar-refractivity contribution in [1.29, 1.82) is 0 Å². The summed E-state index contributed by atoms with van der Waals surface area (Å²) in [7, 11) is -0.439. The second-order valence-electron chi connectivity index (χ2n) is 6.51. The normalized spacial score (nSPS) is 15.7. The lowest BCUT2D eigenvalue weighted by molar-refractivity contribution is 0.0652. The zero-order valence-corrected chi connectivity index (χ0v) is 16.1. The number of methoxy groups -OCH3 is 1. The van der Waals surface area contributed by atoms with Gasteiger partial charge in [0.15, 0.2) is 5.03 Å². The number of piperazine rings is 1. The molecule has 0 saturated carbocycles. The third-order valence-electron chi connectivity index (χ3n) is 4.55. The minimum atomic E-state index is -4.01. The van der Waals surface area contributed by atoms with Crippen molar-refractivity contribution in [3.05, 3.63) is 41.6 Å². The minimum Gasteiger partial charge on any atom is -0.497 e. The van der Waals surface area contributed by atoms with E-state index in [0.29, 0.717) is 18.8 Å². The Morgan fingerprint density at radius 1 is 1.19 bits per heavy atom. The van der Waals surface area contributed by atoms with Gasteiger partial charge in [-0.25, -0.2) is 13.6 Å². The molecule has 2 heterocycles. The molecule has 1 aromatic heterocycles. The fourth-order valence-corrected chi connectivity index (χ4v) is 3.39. The quantitative estimate of drug-likeness (QED) is 0.764. The molecule has 0 spiro atoms. The number of benzene rings is 1. The van der Waals surface area contributed by atoms with Gasteiger partial charge in [-0.3, -0.25) is 9.48 Å². The maximum Gasteiger partial charge on any atom is 0.272 e. The summed E-state index contributed by atoms with van der Waals surface area (Å²) in [6.07, 6.45) is 0. The Labute approximate surface area is 158 Å². The zero-order valence-electron chi connectivity index (χ0n) is 15.3. The van der Waals surface area contributed by atoms with Crippen molar-refractivity contribution in [2.75, 3.05) is 40.3 Å². The number of sulfonamides is 1. The lowest BCUT2D eigenvalue weighted by atomic mass is 10.2. The van der Waals surface area contributed by atoms with Crippen LogP contribution < -0.4 is 9.88 Å². The number of amides is 1. The first kappa shape index (κ1) is 19.3. The Kier molecular flexibility index (Phi) is 5.49. The lowest BCUT2D eigenvalue weighted by Crippen LogP contribution is -2.47. The molecule has 0 atom stereocenters. The van der Waals surface area contributed by atoms with Crippen LogP contribution in [0.4, 0.5) is 0 Å². The van der Waals surface area contributed by atoms with Gasteiger partial charge in [0.25, 0.3) is 15.9 Å². The highest BCUT2D eigenvalue weighted by Crippen LogP contribution is 2.17. The van der Waals surface area contributed by atoms with Crippen molar-refractivity contribution in [2.24, 2.45) is 5.14 Å². The van der Waals surface area contributed by atoms with Crippen LogP contribution in [0.2, 0.25) is 0 Å². The van der Waals surface area contributed by atoms with Crippen molar-refractivity contribution < 1.29 is 17.9 Å². The molecular formula is C17H23N5O4S. The van der Waals surface area contributed by atoms with Crippen LogP contribution in [0.15, 0.2) is 35.4 Å². The first-order valence-electron chi connectivity index (χ1n) is 8.49. The summed E-state index contributed by atoms with van der Waals surface area (Å²) in [6.45, 7) is 2.93. The van der Waals surface area contributed by atoms with E-state index >= 15 is 0 Å². The highest BCUT2D eigenvalue weighted by molar-refractivity contribution is 7.89. The van der Waals surface area contributed by atoms with Gasteiger partial charge in [0.1, 0.15) is 11.4 Å². The molecule has 0 radical (unpaired) electrons. The van der Waals surface area contributed by atoms with Crippen LogP contribution in [-0.2, 0) is 16.6 Å². The maximum atomic E-state index is 12.9. The summed E-state index contributed by atoms with van der Waals surface area (Å²) in [4.78, 5) is 16.8. The maximum absolute atomic E-state index is 12.9. The average molecular weight is 393 g/mol. The van der Waals surface area contributed by atoms with Crippen molar-refractivity contribution in [3.8, 4) is 5.75 Å². The predicted octanol–water partition coefficient (Wildman–Crippen LogP) is -0.0250. The van der Waals surface area contributed by atoms with Crippen LogP contribution in [-0.4, -0.2) is 74.2 Å². The summed E-state index contributed by atoms with van der Waals surface area (Å²) >= 11 is 0. The van der Waals surface area contributed by atoms with E-state index in [1.54, 1.807) is 24.1 Å². The van der Waals surface area contributed by atoms with Crippen LogP contribution in [0.1, 0.15) is 16.1 Å². The number of nitrogens with zero attached hydrogens (tertiary/aromatic N) is 4. The number of aromatic nitrogens is 2. The molecule has 0 bridgehead atoms. The number of hydrogen-bond acceptors (Lipinski definition) is 6. The average Bonchev–Trinajstić information content (AvgIpc) is 3.06. The fourth-order valence-electron chi connectivity index (χ4n) is 2.90. The first-order chi connectivity index (χ1) is 12.8. The number of primary sulfonamides is 1. The molecule has 0 unspecified atom stereocenters. The molecule has 1 aliphatic heterocycles. The van der Waals surface area contributed by atoms with Crippen molar-refractivity contribution in [2.45, 2.75) is 11.6 Å². The smallest absolute Gasteiger partial charge is 0.272 e. The third-order valence-corrected chi connectivity index (χ3v) is 5.33. The number of carbonyl (C=O) groups excluding carboxylic acids is 1. The van der Waals surface area contributed by atoms with E-state index in [4.69, 9.17) is 9.88 Å². The van der Waals surface area contributed by atoms with Crippen LogP contribution in [0.25, 0.3) is 0 Å². The Morgan fingerprint density at radius 3 is 2.37 bits per heavy atom. The molecule has 146 valence electrons.